The lowest BCUT2D eigenvalue weighted by molar-refractivity contribution is 0.0827. The van der Waals surface area contributed by atoms with Crippen molar-refractivity contribution in [3.63, 3.8) is 0 Å². The van der Waals surface area contributed by atoms with Crippen LogP contribution in [0, 0.1) is 0 Å². The molecule has 8 heteroatoms. The molecule has 24 heavy (non-hydrogen) atoms. The van der Waals surface area contributed by atoms with Crippen LogP contribution in [0.1, 0.15) is 10.4 Å². The SMILES string of the molecule is COc1ccc(S(=O)(=O)Nc2cccc(C(=O)N(C)C)c2)cc1Br. The first kappa shape index (κ1) is 18.3. The van der Waals surface area contributed by atoms with Gasteiger partial charge in [0.25, 0.3) is 15.9 Å². The molecule has 1 N–H and O–H groups in total. The van der Waals surface area contributed by atoms with E-state index in [-0.39, 0.29) is 10.8 Å². The Morgan fingerprint density at radius 2 is 1.88 bits per heavy atom. The topological polar surface area (TPSA) is 75.7 Å². The lowest BCUT2D eigenvalue weighted by Crippen LogP contribution is -2.22. The first-order valence-corrected chi connectivity index (χ1v) is 9.20. The summed E-state index contributed by atoms with van der Waals surface area (Å²) >= 11 is 3.26. The molecule has 0 saturated carbocycles. The first-order chi connectivity index (χ1) is 11.2. The van der Waals surface area contributed by atoms with Crippen LogP contribution in [0.4, 0.5) is 5.69 Å². The predicted molar refractivity (Wildman–Crippen MR) is 96.0 cm³/mol. The molecule has 1 amide bonds. The Morgan fingerprint density at radius 1 is 1.17 bits per heavy atom. The fourth-order valence-electron chi connectivity index (χ4n) is 2.00. The quantitative estimate of drug-likeness (QED) is 0.818. The van der Waals surface area contributed by atoms with Crippen LogP contribution >= 0.6 is 15.9 Å². The number of ether oxygens (including phenoxy) is 1. The predicted octanol–water partition coefficient (Wildman–Crippen LogP) is 2.96. The summed E-state index contributed by atoms with van der Waals surface area (Å²) in [5.74, 6) is 0.329. The molecule has 0 aliphatic carbocycles. The number of halogens is 1. The molecule has 0 aliphatic rings. The van der Waals surface area contributed by atoms with Crippen molar-refractivity contribution in [2.24, 2.45) is 0 Å². The lowest BCUT2D eigenvalue weighted by atomic mass is 10.2. The molecule has 0 atom stereocenters. The average molecular weight is 413 g/mol. The zero-order valence-electron chi connectivity index (χ0n) is 13.4. The fourth-order valence-corrected chi connectivity index (χ4v) is 3.77. The van der Waals surface area contributed by atoms with Gasteiger partial charge in [-0.1, -0.05) is 6.07 Å². The molecule has 0 unspecified atom stereocenters. The fraction of sp³-hybridized carbons (Fsp3) is 0.188. The van der Waals surface area contributed by atoms with E-state index in [0.717, 1.165) is 0 Å². The number of benzene rings is 2. The van der Waals surface area contributed by atoms with E-state index in [1.54, 1.807) is 38.4 Å². The highest BCUT2D eigenvalue weighted by Gasteiger charge is 2.17. The molecule has 0 spiro atoms. The summed E-state index contributed by atoms with van der Waals surface area (Å²) in [4.78, 5) is 13.5. The van der Waals surface area contributed by atoms with E-state index in [1.807, 2.05) is 0 Å². The maximum Gasteiger partial charge on any atom is 0.261 e. The summed E-state index contributed by atoms with van der Waals surface area (Å²) in [6.07, 6.45) is 0. The second-order valence-electron chi connectivity index (χ2n) is 5.18. The first-order valence-electron chi connectivity index (χ1n) is 6.92. The summed E-state index contributed by atoms with van der Waals surface area (Å²) < 4.78 is 33.1. The molecule has 0 heterocycles. The summed E-state index contributed by atoms with van der Waals surface area (Å²) in [5, 5.41) is 0. The van der Waals surface area contributed by atoms with Crippen molar-refractivity contribution in [3.05, 3.63) is 52.5 Å². The third kappa shape index (κ3) is 4.07. The van der Waals surface area contributed by atoms with Gasteiger partial charge in [0.2, 0.25) is 0 Å². The number of nitrogens with zero attached hydrogens (tertiary/aromatic N) is 1. The van der Waals surface area contributed by atoms with Crippen molar-refractivity contribution in [2.75, 3.05) is 25.9 Å². The molecular weight excluding hydrogens is 396 g/mol. The van der Waals surface area contributed by atoms with Crippen LogP contribution in [0.25, 0.3) is 0 Å². The number of hydrogen-bond donors (Lipinski definition) is 1. The zero-order valence-corrected chi connectivity index (χ0v) is 15.8. The third-order valence-electron chi connectivity index (χ3n) is 3.20. The zero-order chi connectivity index (χ0) is 17.9. The van der Waals surface area contributed by atoms with Gasteiger partial charge in [-0.05, 0) is 52.3 Å². The molecule has 2 rings (SSSR count). The highest BCUT2D eigenvalue weighted by Crippen LogP contribution is 2.28. The smallest absolute Gasteiger partial charge is 0.261 e. The highest BCUT2D eigenvalue weighted by molar-refractivity contribution is 9.10. The van der Waals surface area contributed by atoms with E-state index in [0.29, 0.717) is 21.5 Å². The van der Waals surface area contributed by atoms with Gasteiger partial charge in [0.15, 0.2) is 0 Å². The maximum atomic E-state index is 12.5. The second kappa shape index (κ2) is 7.23. The van der Waals surface area contributed by atoms with E-state index in [1.165, 1.54) is 30.2 Å². The molecular formula is C16H17BrN2O4S. The Morgan fingerprint density at radius 3 is 2.46 bits per heavy atom. The number of carbonyl (C=O) groups is 1. The number of methoxy groups -OCH3 is 1. The number of amides is 1. The number of anilines is 1. The Hall–Kier alpha value is -2.06. The molecule has 0 bridgehead atoms. The van der Waals surface area contributed by atoms with Gasteiger partial charge < -0.3 is 9.64 Å². The van der Waals surface area contributed by atoms with Gasteiger partial charge >= 0.3 is 0 Å². The van der Waals surface area contributed by atoms with Gasteiger partial charge in [-0.15, -0.1) is 0 Å². The third-order valence-corrected chi connectivity index (χ3v) is 5.20. The Kier molecular flexibility index (Phi) is 5.51. The normalized spacial score (nSPS) is 11.0. The van der Waals surface area contributed by atoms with Gasteiger partial charge in [0, 0.05) is 25.3 Å². The van der Waals surface area contributed by atoms with Crippen molar-refractivity contribution in [2.45, 2.75) is 4.90 Å². The van der Waals surface area contributed by atoms with Crippen LogP contribution in [-0.4, -0.2) is 40.4 Å². The van der Waals surface area contributed by atoms with Crippen LogP contribution in [0.15, 0.2) is 51.8 Å². The van der Waals surface area contributed by atoms with Crippen molar-refractivity contribution < 1.29 is 17.9 Å². The van der Waals surface area contributed by atoms with Gasteiger partial charge in [-0.2, -0.15) is 0 Å². The van der Waals surface area contributed by atoms with Crippen LogP contribution in [0.5, 0.6) is 5.75 Å². The monoisotopic (exact) mass is 412 g/mol. The molecule has 0 radical (unpaired) electrons. The van der Waals surface area contributed by atoms with Crippen LogP contribution in [-0.2, 0) is 10.0 Å². The van der Waals surface area contributed by atoms with Crippen molar-refractivity contribution in [3.8, 4) is 5.75 Å². The number of sulfonamides is 1. The number of rotatable bonds is 5. The average Bonchev–Trinajstić information content (AvgIpc) is 2.53. The number of nitrogens with one attached hydrogen (secondary N) is 1. The van der Waals surface area contributed by atoms with Crippen molar-refractivity contribution in [1.29, 1.82) is 0 Å². The molecule has 0 fully saturated rings. The van der Waals surface area contributed by atoms with Crippen LogP contribution in [0.3, 0.4) is 0 Å². The van der Waals surface area contributed by atoms with E-state index < -0.39 is 10.0 Å². The molecule has 0 saturated heterocycles. The van der Waals surface area contributed by atoms with E-state index in [9.17, 15) is 13.2 Å². The lowest BCUT2D eigenvalue weighted by Gasteiger charge is -2.13. The highest BCUT2D eigenvalue weighted by atomic mass is 79.9. The minimum atomic E-state index is -3.78. The summed E-state index contributed by atoms with van der Waals surface area (Å²) in [6.45, 7) is 0. The minimum Gasteiger partial charge on any atom is -0.496 e. The van der Waals surface area contributed by atoms with E-state index in [4.69, 9.17) is 4.74 Å². The van der Waals surface area contributed by atoms with E-state index >= 15 is 0 Å². The Bertz CT molecular complexity index is 866. The molecule has 0 aromatic heterocycles. The van der Waals surface area contributed by atoms with Crippen molar-refractivity contribution >= 4 is 37.5 Å². The molecule has 2 aromatic carbocycles. The van der Waals surface area contributed by atoms with Gasteiger partial charge in [-0.25, -0.2) is 8.42 Å². The van der Waals surface area contributed by atoms with E-state index in [2.05, 4.69) is 20.7 Å². The molecule has 128 valence electrons. The summed E-state index contributed by atoms with van der Waals surface area (Å²) in [7, 11) is 0.982. The second-order valence-corrected chi connectivity index (χ2v) is 7.72. The van der Waals surface area contributed by atoms with Gasteiger partial charge in [0.1, 0.15) is 5.75 Å². The number of hydrogen-bond acceptors (Lipinski definition) is 4. The van der Waals surface area contributed by atoms with Crippen molar-refractivity contribution in [1.82, 2.24) is 4.90 Å². The number of carbonyl (C=O) groups excluding carboxylic acids is 1. The molecule has 0 aliphatic heterocycles. The largest absolute Gasteiger partial charge is 0.496 e. The Balaban J connectivity index is 2.31. The maximum absolute atomic E-state index is 12.5. The van der Waals surface area contributed by atoms with Gasteiger partial charge in [-0.3, -0.25) is 9.52 Å². The Labute approximate surface area is 149 Å². The minimum absolute atomic E-state index is 0.0829. The molecule has 2 aromatic rings. The van der Waals surface area contributed by atoms with Crippen LogP contribution < -0.4 is 9.46 Å². The summed E-state index contributed by atoms with van der Waals surface area (Å²) in [5.41, 5.74) is 0.714. The molecule has 6 nitrogen and oxygen atoms in total. The van der Waals surface area contributed by atoms with Crippen LogP contribution in [0.2, 0.25) is 0 Å². The summed E-state index contributed by atoms with van der Waals surface area (Å²) in [6, 6.07) is 10.8. The van der Waals surface area contributed by atoms with Gasteiger partial charge in [0.05, 0.1) is 16.5 Å². The standard InChI is InChI=1S/C16H17BrN2O4S/c1-19(2)16(20)11-5-4-6-12(9-11)18-24(21,22)13-7-8-15(23-3)14(17)10-13/h4-10,18H,1-3H3.